The number of amides is 1. The second-order valence-electron chi connectivity index (χ2n) is 6.73. The maximum absolute atomic E-state index is 12.7. The van der Waals surface area contributed by atoms with Gasteiger partial charge >= 0.3 is 19.7 Å². The number of nitrogens with zero attached hydrogens (tertiary/aromatic N) is 1. The molecule has 1 aliphatic heterocycles. The van der Waals surface area contributed by atoms with E-state index in [0.29, 0.717) is 0 Å². The van der Waals surface area contributed by atoms with Crippen LogP contribution in [0.1, 0.15) is 47.5 Å². The Morgan fingerprint density at radius 1 is 1.30 bits per heavy atom. The highest BCUT2D eigenvalue weighted by molar-refractivity contribution is 7.72. The first-order chi connectivity index (χ1) is 12.5. The topological polar surface area (TPSA) is 122 Å². The van der Waals surface area contributed by atoms with Crippen LogP contribution in [-0.4, -0.2) is 55.6 Å². The van der Waals surface area contributed by atoms with Gasteiger partial charge in [0.05, 0.1) is 20.3 Å². The van der Waals surface area contributed by atoms with Crippen LogP contribution in [0.2, 0.25) is 0 Å². The Morgan fingerprint density at radius 3 is 2.37 bits per heavy atom. The van der Waals surface area contributed by atoms with Crippen molar-refractivity contribution in [3.63, 3.8) is 0 Å². The lowest BCUT2D eigenvalue weighted by Gasteiger charge is -2.23. The number of nitrogens with one attached hydrogen (secondary N) is 1. The molecular weight excluding hydrogens is 379 g/mol. The molecule has 1 N–H and O–H groups in total. The standard InChI is InChI=1S/C16H29N2O8P/c1-7-23-27(21,24-8-2)13-10-11(26-18-13)9-12(14(19)22-6)17-15(20)25-16(3,4)5/h11-12H,7-10H2,1-6H3,(H,17,20)/t11-,12+/m1/s1. The highest BCUT2D eigenvalue weighted by Crippen LogP contribution is 2.52. The van der Waals surface area contributed by atoms with Crippen molar-refractivity contribution in [1.29, 1.82) is 0 Å². The molecule has 11 heteroatoms. The largest absolute Gasteiger partial charge is 0.467 e. The monoisotopic (exact) mass is 408 g/mol. The molecule has 0 aromatic carbocycles. The molecule has 0 unspecified atom stereocenters. The van der Waals surface area contributed by atoms with E-state index in [1.807, 2.05) is 0 Å². The second-order valence-corrected chi connectivity index (χ2v) is 8.76. The molecule has 0 spiro atoms. The summed E-state index contributed by atoms with van der Waals surface area (Å²) in [7, 11) is -2.33. The van der Waals surface area contributed by atoms with E-state index in [4.69, 9.17) is 23.4 Å². The Morgan fingerprint density at radius 2 is 1.89 bits per heavy atom. The normalized spacial score (nSPS) is 18.3. The van der Waals surface area contributed by atoms with Crippen molar-refractivity contribution in [2.24, 2.45) is 5.16 Å². The third kappa shape index (κ3) is 7.48. The number of hydrogen-bond acceptors (Lipinski definition) is 9. The summed E-state index contributed by atoms with van der Waals surface area (Å²) in [6.07, 6.45) is -1.17. The van der Waals surface area contributed by atoms with E-state index in [2.05, 4.69) is 10.5 Å². The minimum absolute atomic E-state index is 0.0527. The van der Waals surface area contributed by atoms with Crippen LogP contribution in [0.25, 0.3) is 0 Å². The molecule has 10 nitrogen and oxygen atoms in total. The molecule has 0 radical (unpaired) electrons. The summed E-state index contributed by atoms with van der Waals surface area (Å²) >= 11 is 0. The van der Waals surface area contributed by atoms with Gasteiger partial charge in [-0.25, -0.2) is 9.59 Å². The van der Waals surface area contributed by atoms with E-state index in [1.165, 1.54) is 7.11 Å². The third-order valence-electron chi connectivity index (χ3n) is 3.31. The predicted molar refractivity (Wildman–Crippen MR) is 97.6 cm³/mol. The molecule has 1 aliphatic rings. The average Bonchev–Trinajstić information content (AvgIpc) is 3.01. The quantitative estimate of drug-likeness (QED) is 0.456. The predicted octanol–water partition coefficient (Wildman–Crippen LogP) is 2.81. The number of alkyl carbamates (subject to hydrolysis) is 1. The van der Waals surface area contributed by atoms with E-state index >= 15 is 0 Å². The van der Waals surface area contributed by atoms with Gasteiger partial charge in [0, 0.05) is 12.8 Å². The van der Waals surface area contributed by atoms with Gasteiger partial charge in [-0.15, -0.1) is 0 Å². The molecule has 0 bridgehead atoms. The van der Waals surface area contributed by atoms with Crippen molar-refractivity contribution in [3.8, 4) is 0 Å². The van der Waals surface area contributed by atoms with Gasteiger partial charge < -0.3 is 28.7 Å². The van der Waals surface area contributed by atoms with Crippen LogP contribution in [0.4, 0.5) is 4.79 Å². The zero-order valence-electron chi connectivity index (χ0n) is 16.6. The third-order valence-corrected chi connectivity index (χ3v) is 5.40. The van der Waals surface area contributed by atoms with Gasteiger partial charge in [0.2, 0.25) is 0 Å². The molecule has 0 aromatic heterocycles. The van der Waals surface area contributed by atoms with Crippen LogP contribution in [0, 0.1) is 0 Å². The number of hydrogen-bond donors (Lipinski definition) is 1. The van der Waals surface area contributed by atoms with Crippen molar-refractivity contribution < 1.29 is 37.5 Å². The Kier molecular flexibility index (Phi) is 8.71. The summed E-state index contributed by atoms with van der Waals surface area (Å²) in [4.78, 5) is 29.2. The van der Waals surface area contributed by atoms with Gasteiger partial charge in [-0.1, -0.05) is 5.16 Å². The van der Waals surface area contributed by atoms with Gasteiger partial charge in [-0.3, -0.25) is 4.57 Å². The van der Waals surface area contributed by atoms with Gasteiger partial charge in [0.25, 0.3) is 0 Å². The zero-order valence-corrected chi connectivity index (χ0v) is 17.5. The summed E-state index contributed by atoms with van der Waals surface area (Å²) in [6.45, 7) is 8.88. The first-order valence-electron chi connectivity index (χ1n) is 8.74. The molecule has 156 valence electrons. The van der Waals surface area contributed by atoms with Crippen molar-refractivity contribution in [2.45, 2.75) is 65.2 Å². The zero-order chi connectivity index (χ0) is 20.7. The van der Waals surface area contributed by atoms with Crippen LogP contribution in [0.5, 0.6) is 0 Å². The van der Waals surface area contributed by atoms with Crippen molar-refractivity contribution in [2.75, 3.05) is 20.3 Å². The number of oxime groups is 1. The fraction of sp³-hybridized carbons (Fsp3) is 0.812. The van der Waals surface area contributed by atoms with Crippen LogP contribution in [0.15, 0.2) is 5.16 Å². The van der Waals surface area contributed by atoms with E-state index in [1.54, 1.807) is 34.6 Å². The van der Waals surface area contributed by atoms with Crippen LogP contribution >= 0.6 is 7.60 Å². The molecule has 1 rings (SSSR count). The molecule has 2 atom stereocenters. The average molecular weight is 408 g/mol. The number of esters is 1. The maximum Gasteiger partial charge on any atom is 0.408 e. The molecule has 1 amide bonds. The van der Waals surface area contributed by atoms with Crippen LogP contribution in [-0.2, 0) is 32.7 Å². The molecule has 1 heterocycles. The Balaban J connectivity index is 2.75. The van der Waals surface area contributed by atoms with Crippen molar-refractivity contribution in [1.82, 2.24) is 5.32 Å². The highest BCUT2D eigenvalue weighted by Gasteiger charge is 2.40. The number of rotatable bonds is 9. The molecule has 0 saturated carbocycles. The molecule has 0 saturated heterocycles. The van der Waals surface area contributed by atoms with Crippen LogP contribution in [0.3, 0.4) is 0 Å². The molecular formula is C16H29N2O8P. The fourth-order valence-electron chi connectivity index (χ4n) is 2.30. The summed E-state index contributed by atoms with van der Waals surface area (Å²) in [5.41, 5.74) is -0.566. The summed E-state index contributed by atoms with van der Waals surface area (Å²) in [5.74, 6) is -0.657. The summed E-state index contributed by atoms with van der Waals surface area (Å²) < 4.78 is 33.1. The number of methoxy groups -OCH3 is 1. The lowest BCUT2D eigenvalue weighted by molar-refractivity contribution is -0.144. The van der Waals surface area contributed by atoms with Gasteiger partial charge in [-0.2, -0.15) is 0 Å². The number of carbonyl (C=O) groups is 2. The smallest absolute Gasteiger partial charge is 0.408 e. The van der Waals surface area contributed by atoms with E-state index < -0.39 is 37.4 Å². The maximum atomic E-state index is 12.7. The van der Waals surface area contributed by atoms with Crippen LogP contribution < -0.4 is 5.32 Å². The van der Waals surface area contributed by atoms with Gasteiger partial charge in [0.15, 0.2) is 5.45 Å². The first kappa shape index (κ1) is 23.4. The Labute approximate surface area is 159 Å². The van der Waals surface area contributed by atoms with Crippen molar-refractivity contribution in [3.05, 3.63) is 0 Å². The van der Waals surface area contributed by atoms with Gasteiger partial charge in [0.1, 0.15) is 17.7 Å². The molecule has 0 aromatic rings. The molecule has 0 aliphatic carbocycles. The SMILES string of the molecule is CCOP(=O)(OCC)C1=NO[C@H](C[C@H](NC(=O)OC(C)(C)C)C(=O)OC)C1. The lowest BCUT2D eigenvalue weighted by Crippen LogP contribution is -2.45. The first-order valence-corrected chi connectivity index (χ1v) is 10.3. The van der Waals surface area contributed by atoms with E-state index in [9.17, 15) is 14.2 Å². The Hall–Kier alpha value is -1.64. The summed E-state index contributed by atoms with van der Waals surface area (Å²) in [6, 6.07) is -1.01. The number of carbonyl (C=O) groups excluding carboxylic acids is 2. The second kappa shape index (κ2) is 10.1. The van der Waals surface area contributed by atoms with Gasteiger partial charge in [-0.05, 0) is 34.6 Å². The number of ether oxygens (including phenoxy) is 2. The summed E-state index contributed by atoms with van der Waals surface area (Å²) in [5, 5.41) is 6.27. The fourth-order valence-corrected chi connectivity index (χ4v) is 3.92. The molecule has 27 heavy (non-hydrogen) atoms. The van der Waals surface area contributed by atoms with Crippen molar-refractivity contribution >= 4 is 25.1 Å². The minimum atomic E-state index is -3.54. The minimum Gasteiger partial charge on any atom is -0.467 e. The lowest BCUT2D eigenvalue weighted by atomic mass is 10.1. The molecule has 0 fully saturated rings. The Bertz CT molecular complexity index is 592. The highest BCUT2D eigenvalue weighted by atomic mass is 31.2. The van der Waals surface area contributed by atoms with E-state index in [-0.39, 0.29) is 31.5 Å². The van der Waals surface area contributed by atoms with E-state index in [0.717, 1.165) is 0 Å².